The van der Waals surface area contributed by atoms with Crippen LogP contribution in [-0.4, -0.2) is 44.1 Å². The molecule has 0 radical (unpaired) electrons. The Balaban J connectivity index is 1.26. The zero-order valence-electron chi connectivity index (χ0n) is 24.8. The fraction of sp³-hybridized carbons (Fsp3) is 0.412. The predicted molar refractivity (Wildman–Crippen MR) is 165 cm³/mol. The minimum atomic E-state index is -3.78. The van der Waals surface area contributed by atoms with Crippen LogP contribution in [0.3, 0.4) is 0 Å². The Kier molecular flexibility index (Phi) is 7.47. The quantitative estimate of drug-likeness (QED) is 0.245. The lowest BCUT2D eigenvalue weighted by Crippen LogP contribution is -2.41. The van der Waals surface area contributed by atoms with Crippen LogP contribution in [0.1, 0.15) is 66.1 Å². The van der Waals surface area contributed by atoms with Gasteiger partial charge in [0.25, 0.3) is 0 Å². The number of benzene rings is 3. The molecule has 2 aliphatic heterocycles. The van der Waals surface area contributed by atoms with Crippen molar-refractivity contribution in [2.75, 3.05) is 20.8 Å². The summed E-state index contributed by atoms with van der Waals surface area (Å²) in [6, 6.07) is 20.3. The van der Waals surface area contributed by atoms with E-state index in [4.69, 9.17) is 18.5 Å². The van der Waals surface area contributed by atoms with Crippen molar-refractivity contribution in [1.82, 2.24) is 9.63 Å². The number of nitrogens with zero attached hydrogens (tertiary/aromatic N) is 2. The van der Waals surface area contributed by atoms with Gasteiger partial charge in [-0.25, -0.2) is 0 Å². The molecule has 4 aromatic rings. The summed E-state index contributed by atoms with van der Waals surface area (Å²) in [6.45, 7) is 1.89. The maximum absolute atomic E-state index is 13.5. The molecule has 1 fully saturated rings. The maximum Gasteiger partial charge on any atom is 0.330 e. The van der Waals surface area contributed by atoms with E-state index in [-0.39, 0.29) is 6.04 Å². The molecule has 0 spiro atoms. The van der Waals surface area contributed by atoms with E-state index < -0.39 is 15.4 Å². The van der Waals surface area contributed by atoms with Crippen molar-refractivity contribution in [1.29, 1.82) is 0 Å². The van der Waals surface area contributed by atoms with Gasteiger partial charge in [0, 0.05) is 24.5 Å². The molecule has 1 aliphatic carbocycles. The van der Waals surface area contributed by atoms with Crippen LogP contribution in [0.25, 0.3) is 10.9 Å². The van der Waals surface area contributed by atoms with Crippen LogP contribution in [0.4, 0.5) is 0 Å². The van der Waals surface area contributed by atoms with Gasteiger partial charge in [-0.15, -0.1) is 0 Å². The highest BCUT2D eigenvalue weighted by atomic mass is 32.2. The Morgan fingerprint density at radius 3 is 2.49 bits per heavy atom. The second-order valence-electron chi connectivity index (χ2n) is 11.8. The Morgan fingerprint density at radius 2 is 1.72 bits per heavy atom. The highest BCUT2D eigenvalue weighted by Gasteiger charge is 2.38. The fourth-order valence-electron chi connectivity index (χ4n) is 7.06. The van der Waals surface area contributed by atoms with Gasteiger partial charge in [-0.05, 0) is 78.3 Å². The number of hydrogen-bond acceptors (Lipinski definition) is 7. The van der Waals surface area contributed by atoms with Crippen molar-refractivity contribution in [3.05, 3.63) is 88.6 Å². The smallest absolute Gasteiger partial charge is 0.330 e. The molecule has 1 unspecified atom stereocenters. The molecule has 7 rings (SSSR count). The van der Waals surface area contributed by atoms with E-state index in [1.807, 2.05) is 36.4 Å². The molecule has 9 heteroatoms. The van der Waals surface area contributed by atoms with Crippen molar-refractivity contribution < 1.29 is 26.9 Å². The van der Waals surface area contributed by atoms with Gasteiger partial charge in [-0.2, -0.15) is 13.1 Å². The third-order valence-electron chi connectivity index (χ3n) is 9.36. The lowest BCUT2D eigenvalue weighted by atomic mass is 9.85. The van der Waals surface area contributed by atoms with Gasteiger partial charge in [-0.1, -0.05) is 49.6 Å². The second kappa shape index (κ2) is 11.4. The van der Waals surface area contributed by atoms with E-state index in [2.05, 4.69) is 29.2 Å². The summed E-state index contributed by atoms with van der Waals surface area (Å²) in [5, 5.41) is 0.504. The van der Waals surface area contributed by atoms with Gasteiger partial charge in [-0.3, -0.25) is 9.18 Å². The van der Waals surface area contributed by atoms with E-state index in [1.54, 1.807) is 19.0 Å². The summed E-state index contributed by atoms with van der Waals surface area (Å²) in [4.78, 5) is 2.43. The molecule has 0 bridgehead atoms. The zero-order chi connectivity index (χ0) is 29.6. The van der Waals surface area contributed by atoms with Gasteiger partial charge >= 0.3 is 10.1 Å². The number of fused-ring (bicyclic) bond motifs is 6. The van der Waals surface area contributed by atoms with Crippen LogP contribution in [0, 0.1) is 0 Å². The van der Waals surface area contributed by atoms with E-state index in [0.29, 0.717) is 26.0 Å². The summed E-state index contributed by atoms with van der Waals surface area (Å²) in [6.07, 6.45) is 5.82. The van der Waals surface area contributed by atoms with Gasteiger partial charge in [0.2, 0.25) is 0 Å². The Bertz CT molecular complexity index is 1740. The monoisotopic (exact) mass is 602 g/mol. The first-order valence-corrected chi connectivity index (χ1v) is 16.7. The SMILES string of the molecule is COc1ccc2c(c1)c1c(n2OS(=O)(=O)C2CCCCC2)CN2CCc3cc(OC)c(OCc4ccccc4)cc3C2C1. The highest BCUT2D eigenvalue weighted by Crippen LogP contribution is 2.45. The van der Waals surface area contributed by atoms with Gasteiger partial charge in [0.05, 0.1) is 30.7 Å². The molecule has 1 saturated carbocycles. The maximum atomic E-state index is 13.5. The average molecular weight is 603 g/mol. The number of rotatable bonds is 8. The molecule has 3 aliphatic rings. The second-order valence-corrected chi connectivity index (χ2v) is 13.6. The Labute approximate surface area is 253 Å². The topological polar surface area (TPSA) is 79.2 Å². The third kappa shape index (κ3) is 5.23. The van der Waals surface area contributed by atoms with Crippen LogP contribution in [0.5, 0.6) is 17.2 Å². The Hall–Kier alpha value is -3.69. The molecule has 8 nitrogen and oxygen atoms in total. The molecular formula is C34H38N2O6S. The molecule has 1 aromatic heterocycles. The van der Waals surface area contributed by atoms with Gasteiger partial charge < -0.3 is 14.2 Å². The first-order chi connectivity index (χ1) is 20.9. The number of methoxy groups -OCH3 is 2. The van der Waals surface area contributed by atoms with Crippen molar-refractivity contribution in [2.45, 2.75) is 69.4 Å². The first-order valence-electron chi connectivity index (χ1n) is 15.2. The number of ether oxygens (including phenoxy) is 3. The van der Waals surface area contributed by atoms with Gasteiger partial charge in [0.15, 0.2) is 11.5 Å². The van der Waals surface area contributed by atoms with E-state index >= 15 is 0 Å². The molecular weight excluding hydrogens is 564 g/mol. The minimum Gasteiger partial charge on any atom is -0.497 e. The molecule has 226 valence electrons. The van der Waals surface area contributed by atoms with Crippen molar-refractivity contribution in [3.8, 4) is 17.2 Å². The van der Waals surface area contributed by atoms with Crippen molar-refractivity contribution in [2.24, 2.45) is 0 Å². The average Bonchev–Trinajstić information content (AvgIpc) is 3.34. The zero-order valence-corrected chi connectivity index (χ0v) is 25.6. The molecule has 3 heterocycles. The molecule has 0 amide bonds. The van der Waals surface area contributed by atoms with Crippen LogP contribution in [0.15, 0.2) is 60.7 Å². The summed E-state index contributed by atoms with van der Waals surface area (Å²) < 4.78 is 52.3. The molecule has 43 heavy (non-hydrogen) atoms. The normalized spacial score (nSPS) is 18.9. The molecule has 0 N–H and O–H groups in total. The summed E-state index contributed by atoms with van der Waals surface area (Å²) >= 11 is 0. The van der Waals surface area contributed by atoms with Crippen LogP contribution in [0.2, 0.25) is 0 Å². The largest absolute Gasteiger partial charge is 0.497 e. The van der Waals surface area contributed by atoms with Crippen LogP contribution in [-0.2, 0) is 36.1 Å². The van der Waals surface area contributed by atoms with Crippen LogP contribution >= 0.6 is 0 Å². The Morgan fingerprint density at radius 1 is 0.907 bits per heavy atom. The highest BCUT2D eigenvalue weighted by molar-refractivity contribution is 7.87. The first kappa shape index (κ1) is 28.1. The summed E-state index contributed by atoms with van der Waals surface area (Å²) in [7, 11) is -0.451. The van der Waals surface area contributed by atoms with Gasteiger partial charge in [0.1, 0.15) is 12.4 Å². The molecule has 3 aromatic carbocycles. The molecule has 1 atom stereocenters. The number of hydrogen-bond donors (Lipinski definition) is 0. The minimum absolute atomic E-state index is 0.112. The van der Waals surface area contributed by atoms with Crippen molar-refractivity contribution >= 4 is 21.0 Å². The third-order valence-corrected chi connectivity index (χ3v) is 11.0. The predicted octanol–water partition coefficient (Wildman–Crippen LogP) is 5.98. The van der Waals surface area contributed by atoms with E-state index in [9.17, 15) is 8.42 Å². The van der Waals surface area contributed by atoms with E-state index in [0.717, 1.165) is 83.6 Å². The summed E-state index contributed by atoms with van der Waals surface area (Å²) in [5.41, 5.74) is 6.33. The lowest BCUT2D eigenvalue weighted by molar-refractivity contribution is 0.143. The van der Waals surface area contributed by atoms with Crippen LogP contribution < -0.4 is 18.5 Å². The standard InChI is InChI=1S/C34H38N2O6S/c1-39-25-13-14-30-28(18-25)29-19-31-27-20-34(41-22-23-9-5-3-6-10-23)33(40-2)17-24(27)15-16-35(31)21-32(29)36(30)42-43(37,38)26-11-7-4-8-12-26/h3,5-6,9-10,13-14,17-18,20,26,31H,4,7-8,11-12,15-16,19,21-22H2,1-2H3. The van der Waals surface area contributed by atoms with E-state index in [1.165, 1.54) is 11.1 Å². The van der Waals surface area contributed by atoms with Crippen molar-refractivity contribution in [3.63, 3.8) is 0 Å². The summed E-state index contributed by atoms with van der Waals surface area (Å²) in [5.74, 6) is 2.20. The number of aromatic nitrogens is 1. The lowest BCUT2D eigenvalue weighted by Gasteiger charge is -2.41. The fourth-order valence-corrected chi connectivity index (χ4v) is 8.47. The molecule has 0 saturated heterocycles.